The molecule has 0 unspecified atom stereocenters. The molecule has 1 amide bonds. The van der Waals surface area contributed by atoms with Gasteiger partial charge in [-0.2, -0.15) is 4.31 Å². The van der Waals surface area contributed by atoms with Crippen molar-refractivity contribution in [1.29, 1.82) is 0 Å². The van der Waals surface area contributed by atoms with Crippen LogP contribution in [0.3, 0.4) is 0 Å². The van der Waals surface area contributed by atoms with Gasteiger partial charge in [-0.05, 0) is 48.9 Å². The number of carbonyl (C=O) groups excluding carboxylic acids is 1. The number of nitrogens with one attached hydrogen (secondary N) is 1. The summed E-state index contributed by atoms with van der Waals surface area (Å²) in [6.45, 7) is 6.14. The minimum Gasteiger partial charge on any atom is -0.322 e. The second-order valence-electron chi connectivity index (χ2n) is 5.53. The molecule has 0 radical (unpaired) electrons. The average Bonchev–Trinajstić information content (AvgIpc) is 2.58. The van der Waals surface area contributed by atoms with Crippen LogP contribution in [0.4, 0.5) is 5.69 Å². The number of benzene rings is 2. The lowest BCUT2D eigenvalue weighted by molar-refractivity contribution is 0.102. The monoisotopic (exact) mass is 380 g/mol. The molecule has 2 aromatic carbocycles. The van der Waals surface area contributed by atoms with Crippen LogP contribution < -0.4 is 5.32 Å². The maximum absolute atomic E-state index is 12.6. The Kier molecular flexibility index (Phi) is 6.21. The van der Waals surface area contributed by atoms with Gasteiger partial charge in [0.1, 0.15) is 0 Å². The molecule has 0 atom stereocenters. The van der Waals surface area contributed by atoms with E-state index in [1.54, 1.807) is 44.2 Å². The number of carbonyl (C=O) groups is 1. The third-order valence-corrected chi connectivity index (χ3v) is 6.16. The Morgan fingerprint density at radius 2 is 1.80 bits per heavy atom. The molecule has 0 saturated heterocycles. The lowest BCUT2D eigenvalue weighted by atomic mass is 10.1. The van der Waals surface area contributed by atoms with Gasteiger partial charge in [0.25, 0.3) is 5.91 Å². The zero-order chi connectivity index (χ0) is 18.6. The van der Waals surface area contributed by atoms with Crippen molar-refractivity contribution in [3.8, 4) is 0 Å². The van der Waals surface area contributed by atoms with Crippen LogP contribution in [0.1, 0.15) is 29.8 Å². The first-order valence-corrected chi connectivity index (χ1v) is 9.79. The second kappa shape index (κ2) is 7.99. The van der Waals surface area contributed by atoms with Crippen molar-refractivity contribution >= 4 is 33.2 Å². The predicted octanol–water partition coefficient (Wildman–Crippen LogP) is 3.93. The van der Waals surface area contributed by atoms with E-state index in [0.29, 0.717) is 23.8 Å². The standard InChI is InChI=1S/C18H21ClN2O3S/c1-4-21(5-2)25(23,24)16-8-6-7-14(12-16)18(22)20-17-10-9-15(19)11-13(17)3/h6-12H,4-5H2,1-3H3,(H,20,22). The zero-order valence-corrected chi connectivity index (χ0v) is 16.0. The fourth-order valence-electron chi connectivity index (χ4n) is 2.47. The molecule has 1 N–H and O–H groups in total. The normalized spacial score (nSPS) is 11.6. The highest BCUT2D eigenvalue weighted by molar-refractivity contribution is 7.89. The quantitative estimate of drug-likeness (QED) is 0.825. The van der Waals surface area contributed by atoms with E-state index in [9.17, 15) is 13.2 Å². The molecular formula is C18H21ClN2O3S. The van der Waals surface area contributed by atoms with Crippen LogP contribution in [-0.4, -0.2) is 31.7 Å². The molecule has 134 valence electrons. The minimum absolute atomic E-state index is 0.108. The highest BCUT2D eigenvalue weighted by atomic mass is 35.5. The summed E-state index contributed by atoms with van der Waals surface area (Å²) in [5.74, 6) is -0.373. The Morgan fingerprint density at radius 3 is 2.40 bits per heavy atom. The average molecular weight is 381 g/mol. The molecule has 0 aromatic heterocycles. The van der Waals surface area contributed by atoms with Crippen LogP contribution in [0.2, 0.25) is 5.02 Å². The molecule has 0 bridgehead atoms. The van der Waals surface area contributed by atoms with Gasteiger partial charge < -0.3 is 5.32 Å². The predicted molar refractivity (Wildman–Crippen MR) is 101 cm³/mol. The number of anilines is 1. The number of halogens is 1. The Bertz CT molecular complexity index is 878. The summed E-state index contributed by atoms with van der Waals surface area (Å²) in [6.07, 6.45) is 0. The largest absolute Gasteiger partial charge is 0.322 e. The number of sulfonamides is 1. The van der Waals surface area contributed by atoms with Gasteiger partial charge in [-0.25, -0.2) is 8.42 Å². The smallest absolute Gasteiger partial charge is 0.255 e. The molecule has 25 heavy (non-hydrogen) atoms. The van der Waals surface area contributed by atoms with Gasteiger partial charge in [0.15, 0.2) is 0 Å². The maximum atomic E-state index is 12.6. The maximum Gasteiger partial charge on any atom is 0.255 e. The summed E-state index contributed by atoms with van der Waals surface area (Å²) >= 11 is 5.91. The van der Waals surface area contributed by atoms with Crippen LogP contribution in [0.15, 0.2) is 47.4 Å². The van der Waals surface area contributed by atoms with Crippen molar-refractivity contribution in [2.24, 2.45) is 0 Å². The summed E-state index contributed by atoms with van der Waals surface area (Å²) in [5, 5.41) is 3.37. The van der Waals surface area contributed by atoms with E-state index in [2.05, 4.69) is 5.32 Å². The van der Waals surface area contributed by atoms with E-state index >= 15 is 0 Å². The molecule has 5 nitrogen and oxygen atoms in total. The Hall–Kier alpha value is -1.89. The van der Waals surface area contributed by atoms with Gasteiger partial charge in [-0.15, -0.1) is 0 Å². The van der Waals surface area contributed by atoms with Crippen LogP contribution in [0.25, 0.3) is 0 Å². The molecule has 0 aliphatic rings. The lowest BCUT2D eigenvalue weighted by Crippen LogP contribution is -2.30. The first kappa shape index (κ1) is 19.4. The third kappa shape index (κ3) is 4.39. The van der Waals surface area contributed by atoms with Crippen molar-refractivity contribution in [3.63, 3.8) is 0 Å². The summed E-state index contributed by atoms with van der Waals surface area (Å²) in [7, 11) is -3.61. The minimum atomic E-state index is -3.61. The molecule has 0 heterocycles. The van der Waals surface area contributed by atoms with Gasteiger partial charge in [-0.3, -0.25) is 4.79 Å². The molecule has 0 aliphatic heterocycles. The first-order chi connectivity index (χ1) is 11.8. The molecule has 2 rings (SSSR count). The SMILES string of the molecule is CCN(CC)S(=O)(=O)c1cccc(C(=O)Nc2ccc(Cl)cc2C)c1. The Morgan fingerprint density at radius 1 is 1.12 bits per heavy atom. The third-order valence-electron chi connectivity index (χ3n) is 3.88. The fourth-order valence-corrected chi connectivity index (χ4v) is 4.20. The molecule has 0 aliphatic carbocycles. The summed E-state index contributed by atoms with van der Waals surface area (Å²) in [6, 6.07) is 11.2. The topological polar surface area (TPSA) is 66.5 Å². The van der Waals surface area contributed by atoms with E-state index in [0.717, 1.165) is 5.56 Å². The van der Waals surface area contributed by atoms with Crippen molar-refractivity contribution in [3.05, 3.63) is 58.6 Å². The summed E-state index contributed by atoms with van der Waals surface area (Å²) in [5.41, 5.74) is 1.74. The first-order valence-electron chi connectivity index (χ1n) is 7.97. The van der Waals surface area contributed by atoms with E-state index < -0.39 is 10.0 Å². The number of hydrogen-bond acceptors (Lipinski definition) is 3. The highest BCUT2D eigenvalue weighted by Crippen LogP contribution is 2.21. The molecule has 2 aromatic rings. The van der Waals surface area contributed by atoms with Gasteiger partial charge in [-0.1, -0.05) is 31.5 Å². The van der Waals surface area contributed by atoms with E-state index in [1.165, 1.54) is 16.4 Å². The number of hydrogen-bond donors (Lipinski definition) is 1. The highest BCUT2D eigenvalue weighted by Gasteiger charge is 2.22. The van der Waals surface area contributed by atoms with Gasteiger partial charge in [0.2, 0.25) is 10.0 Å². The molecule has 0 fully saturated rings. The number of aryl methyl sites for hydroxylation is 1. The Labute approximate surface area is 153 Å². The number of nitrogens with zero attached hydrogens (tertiary/aromatic N) is 1. The van der Waals surface area contributed by atoms with Gasteiger partial charge >= 0.3 is 0 Å². The van der Waals surface area contributed by atoms with Crippen LogP contribution in [0.5, 0.6) is 0 Å². The van der Waals surface area contributed by atoms with Crippen LogP contribution in [-0.2, 0) is 10.0 Å². The zero-order valence-electron chi connectivity index (χ0n) is 14.4. The molecule has 7 heteroatoms. The summed E-state index contributed by atoms with van der Waals surface area (Å²) < 4.78 is 26.6. The summed E-state index contributed by atoms with van der Waals surface area (Å²) in [4.78, 5) is 12.6. The fraction of sp³-hybridized carbons (Fsp3) is 0.278. The number of rotatable bonds is 6. The van der Waals surface area contributed by atoms with E-state index in [-0.39, 0.29) is 16.4 Å². The Balaban J connectivity index is 2.30. The van der Waals surface area contributed by atoms with Gasteiger partial charge in [0, 0.05) is 29.4 Å². The van der Waals surface area contributed by atoms with Crippen molar-refractivity contribution in [1.82, 2.24) is 4.31 Å². The van der Waals surface area contributed by atoms with E-state index in [4.69, 9.17) is 11.6 Å². The van der Waals surface area contributed by atoms with Crippen molar-refractivity contribution < 1.29 is 13.2 Å². The van der Waals surface area contributed by atoms with Crippen LogP contribution in [0, 0.1) is 6.92 Å². The van der Waals surface area contributed by atoms with Crippen LogP contribution >= 0.6 is 11.6 Å². The number of amides is 1. The second-order valence-corrected chi connectivity index (χ2v) is 7.90. The molecular weight excluding hydrogens is 360 g/mol. The van der Waals surface area contributed by atoms with E-state index in [1.807, 2.05) is 6.92 Å². The molecule has 0 spiro atoms. The lowest BCUT2D eigenvalue weighted by Gasteiger charge is -2.18. The molecule has 0 saturated carbocycles. The van der Waals surface area contributed by atoms with Crippen molar-refractivity contribution in [2.75, 3.05) is 18.4 Å². The van der Waals surface area contributed by atoms with Crippen molar-refractivity contribution in [2.45, 2.75) is 25.7 Å². The van der Waals surface area contributed by atoms with Gasteiger partial charge in [0.05, 0.1) is 4.90 Å².